The average Bonchev–Trinajstić information content (AvgIpc) is 2.81. The molecule has 0 saturated carbocycles. The van der Waals surface area contributed by atoms with E-state index in [0.717, 1.165) is 30.3 Å². The van der Waals surface area contributed by atoms with Gasteiger partial charge in [-0.25, -0.2) is 0 Å². The minimum atomic E-state index is -5.08. The summed E-state index contributed by atoms with van der Waals surface area (Å²) >= 11 is 0. The van der Waals surface area contributed by atoms with E-state index in [1.54, 1.807) is 0 Å². The van der Waals surface area contributed by atoms with Crippen molar-refractivity contribution >= 4 is 81.4 Å². The Labute approximate surface area is 215 Å². The second-order valence-corrected chi connectivity index (χ2v) is 12.0. The standard InChI is InChI=1S/C21H16N4O10S3/c1-23-16-4-5-17(14-8-11(36(27,28)29)2-3-12(14)16)24-25-20-19(38(33,34)35)7-10-6-18(37(30,31)32)15(22)9-13(10)21(20)26/h2-9,26H,1,22H2,(H,27,28,29)(H,30,31,32)(H,33,34,35). The van der Waals surface area contributed by atoms with Crippen LogP contribution in [0.25, 0.3) is 21.5 Å². The van der Waals surface area contributed by atoms with Crippen molar-refractivity contribution < 1.29 is 44.0 Å². The van der Waals surface area contributed by atoms with Crippen molar-refractivity contribution in [3.05, 3.63) is 48.5 Å². The predicted octanol–water partition coefficient (Wildman–Crippen LogP) is 3.77. The van der Waals surface area contributed by atoms with Crippen LogP contribution >= 0.6 is 0 Å². The molecule has 4 aromatic carbocycles. The van der Waals surface area contributed by atoms with Gasteiger partial charge >= 0.3 is 0 Å². The molecule has 14 nitrogen and oxygen atoms in total. The molecule has 0 bridgehead atoms. The zero-order chi connectivity index (χ0) is 28.2. The molecular weight excluding hydrogens is 564 g/mol. The number of hydrogen-bond donors (Lipinski definition) is 5. The lowest BCUT2D eigenvalue weighted by atomic mass is 10.1. The largest absolute Gasteiger partial charge is 0.505 e. The van der Waals surface area contributed by atoms with Crippen LogP contribution < -0.4 is 5.73 Å². The van der Waals surface area contributed by atoms with E-state index in [0.29, 0.717) is 11.1 Å². The third kappa shape index (κ3) is 4.93. The second kappa shape index (κ2) is 9.08. The third-order valence-corrected chi connectivity index (χ3v) is 8.03. The van der Waals surface area contributed by atoms with Gasteiger partial charge in [-0.15, -0.1) is 10.2 Å². The maximum atomic E-state index is 12.1. The molecule has 0 heterocycles. The van der Waals surface area contributed by atoms with E-state index < -0.39 is 62.2 Å². The molecule has 0 fully saturated rings. The van der Waals surface area contributed by atoms with Crippen LogP contribution in [0, 0.1) is 0 Å². The smallest absolute Gasteiger partial charge is 0.296 e. The van der Waals surface area contributed by atoms with Crippen molar-refractivity contribution in [3.63, 3.8) is 0 Å². The number of rotatable bonds is 6. The molecule has 0 aliphatic rings. The maximum Gasteiger partial charge on any atom is 0.296 e. The Balaban J connectivity index is 2.02. The quantitative estimate of drug-likeness (QED) is 0.0950. The van der Waals surface area contributed by atoms with E-state index in [-0.39, 0.29) is 21.8 Å². The van der Waals surface area contributed by atoms with Gasteiger partial charge in [0.15, 0.2) is 5.75 Å². The summed E-state index contributed by atoms with van der Waals surface area (Å²) in [7, 11) is -14.5. The fourth-order valence-corrected chi connectivity index (χ4v) is 5.49. The Hall–Kier alpha value is -4.00. The first-order chi connectivity index (χ1) is 17.5. The molecule has 198 valence electrons. The molecule has 4 rings (SSSR count). The van der Waals surface area contributed by atoms with Gasteiger partial charge in [-0.1, -0.05) is 6.07 Å². The van der Waals surface area contributed by atoms with Gasteiger partial charge in [0.2, 0.25) is 0 Å². The molecule has 0 aliphatic carbocycles. The summed E-state index contributed by atoms with van der Waals surface area (Å²) in [6.45, 7) is 3.42. The van der Waals surface area contributed by atoms with Gasteiger partial charge in [0, 0.05) is 16.2 Å². The van der Waals surface area contributed by atoms with Gasteiger partial charge in [0.25, 0.3) is 30.4 Å². The molecule has 0 radical (unpaired) electrons. The molecule has 0 atom stereocenters. The molecule has 4 aromatic rings. The molecule has 38 heavy (non-hydrogen) atoms. The summed E-state index contributed by atoms with van der Waals surface area (Å²) in [6.07, 6.45) is 0. The number of nitrogens with zero attached hydrogens (tertiary/aromatic N) is 3. The number of phenols is 1. The first kappa shape index (κ1) is 27.0. The number of aromatic hydroxyl groups is 1. The van der Waals surface area contributed by atoms with Crippen LogP contribution in [0.4, 0.5) is 22.7 Å². The molecule has 0 amide bonds. The van der Waals surface area contributed by atoms with E-state index in [4.69, 9.17) is 5.73 Å². The Morgan fingerprint density at radius 2 is 1.29 bits per heavy atom. The van der Waals surface area contributed by atoms with Crippen LogP contribution in [0.5, 0.6) is 5.75 Å². The van der Waals surface area contributed by atoms with Crippen molar-refractivity contribution in [2.75, 3.05) is 5.73 Å². The Morgan fingerprint density at radius 1 is 0.684 bits per heavy atom. The number of fused-ring (bicyclic) bond motifs is 2. The number of hydrogen-bond acceptors (Lipinski definition) is 11. The van der Waals surface area contributed by atoms with E-state index in [2.05, 4.69) is 21.9 Å². The first-order valence-electron chi connectivity index (χ1n) is 9.99. The highest BCUT2D eigenvalue weighted by molar-refractivity contribution is 7.86. The van der Waals surface area contributed by atoms with Crippen molar-refractivity contribution in [2.24, 2.45) is 15.2 Å². The Bertz CT molecular complexity index is 2040. The minimum Gasteiger partial charge on any atom is -0.505 e. The number of aliphatic imine (C=N–C) groups is 1. The molecule has 0 saturated heterocycles. The number of nitrogens with two attached hydrogens (primary N) is 1. The lowest BCUT2D eigenvalue weighted by Crippen LogP contribution is -2.04. The van der Waals surface area contributed by atoms with Gasteiger partial charge < -0.3 is 10.8 Å². The van der Waals surface area contributed by atoms with Gasteiger partial charge in [0.1, 0.15) is 15.5 Å². The van der Waals surface area contributed by atoms with Crippen LogP contribution in [0.3, 0.4) is 0 Å². The molecule has 0 aliphatic heterocycles. The zero-order valence-corrected chi connectivity index (χ0v) is 21.2. The highest BCUT2D eigenvalue weighted by Gasteiger charge is 2.24. The van der Waals surface area contributed by atoms with Crippen LogP contribution in [0.15, 0.2) is 78.4 Å². The predicted molar refractivity (Wildman–Crippen MR) is 137 cm³/mol. The van der Waals surface area contributed by atoms with Crippen LogP contribution in [-0.2, 0) is 30.4 Å². The number of anilines is 1. The zero-order valence-electron chi connectivity index (χ0n) is 18.7. The summed E-state index contributed by atoms with van der Waals surface area (Å²) in [4.78, 5) is 1.60. The van der Waals surface area contributed by atoms with E-state index >= 15 is 0 Å². The number of phenolic OH excluding ortho intramolecular Hbond substituents is 1. The number of benzene rings is 4. The highest BCUT2D eigenvalue weighted by Crippen LogP contribution is 2.44. The van der Waals surface area contributed by atoms with Crippen molar-refractivity contribution in [1.82, 2.24) is 0 Å². The van der Waals surface area contributed by atoms with E-state index in [9.17, 15) is 44.0 Å². The molecule has 6 N–H and O–H groups in total. The lowest BCUT2D eigenvalue weighted by Gasteiger charge is -2.11. The molecular formula is C21H16N4O10S3. The average molecular weight is 581 g/mol. The van der Waals surface area contributed by atoms with Crippen molar-refractivity contribution in [1.29, 1.82) is 0 Å². The topological polar surface area (TPSA) is 246 Å². The van der Waals surface area contributed by atoms with Crippen LogP contribution in [0.1, 0.15) is 0 Å². The molecule has 0 spiro atoms. The minimum absolute atomic E-state index is 0.0556. The van der Waals surface area contributed by atoms with Crippen molar-refractivity contribution in [3.8, 4) is 5.75 Å². The molecule has 0 aromatic heterocycles. The monoisotopic (exact) mass is 580 g/mol. The first-order valence-corrected chi connectivity index (χ1v) is 14.3. The third-order valence-electron chi connectivity index (χ3n) is 5.41. The van der Waals surface area contributed by atoms with E-state index in [1.807, 2.05) is 0 Å². The SMILES string of the molecule is C=Nc1ccc(N=Nc2c(S(=O)(=O)O)cc3cc(S(=O)(=O)O)c(N)cc3c2O)c2cc(S(=O)(=O)O)ccc12. The summed E-state index contributed by atoms with van der Waals surface area (Å²) in [5, 5.41) is 18.5. The molecule has 17 heteroatoms. The summed E-state index contributed by atoms with van der Waals surface area (Å²) in [6, 6.07) is 8.79. The summed E-state index contributed by atoms with van der Waals surface area (Å²) in [5.74, 6) is -0.861. The van der Waals surface area contributed by atoms with Gasteiger partial charge in [-0.05, 0) is 54.6 Å². The van der Waals surface area contributed by atoms with E-state index in [1.165, 1.54) is 18.2 Å². The van der Waals surface area contributed by atoms with Gasteiger partial charge in [0.05, 0.1) is 22.0 Å². The number of azo groups is 1. The van der Waals surface area contributed by atoms with Gasteiger partial charge in [-0.3, -0.25) is 18.7 Å². The maximum absolute atomic E-state index is 12.1. The summed E-state index contributed by atoms with van der Waals surface area (Å²) in [5.41, 5.74) is 4.69. The molecule has 0 unspecified atom stereocenters. The number of nitrogen functional groups attached to an aromatic ring is 1. The Kier molecular flexibility index (Phi) is 6.46. The van der Waals surface area contributed by atoms with Crippen LogP contribution in [-0.4, -0.2) is 50.7 Å². The van der Waals surface area contributed by atoms with Crippen LogP contribution in [0.2, 0.25) is 0 Å². The van der Waals surface area contributed by atoms with Crippen molar-refractivity contribution in [2.45, 2.75) is 14.7 Å². The normalized spacial score (nSPS) is 12.9. The highest BCUT2D eigenvalue weighted by atomic mass is 32.2. The summed E-state index contributed by atoms with van der Waals surface area (Å²) < 4.78 is 99.1. The fraction of sp³-hybridized carbons (Fsp3) is 0. The fourth-order valence-electron chi connectivity index (χ4n) is 3.69. The Morgan fingerprint density at radius 3 is 1.87 bits per heavy atom. The second-order valence-electron chi connectivity index (χ2n) is 7.78. The lowest BCUT2D eigenvalue weighted by molar-refractivity contribution is 0.472. The van der Waals surface area contributed by atoms with Gasteiger partial charge in [-0.2, -0.15) is 25.3 Å².